The number of aliphatic hydroxyl groups is 1. The van der Waals surface area contributed by atoms with Gasteiger partial charge in [-0.25, -0.2) is 4.98 Å². The lowest BCUT2D eigenvalue weighted by atomic mass is 9.79. The summed E-state index contributed by atoms with van der Waals surface area (Å²) in [4.78, 5) is 4.65. The van der Waals surface area contributed by atoms with Crippen LogP contribution >= 0.6 is 0 Å². The van der Waals surface area contributed by atoms with Gasteiger partial charge in [0.2, 0.25) is 0 Å². The van der Waals surface area contributed by atoms with Crippen LogP contribution in [0.1, 0.15) is 16.7 Å². The Morgan fingerprint density at radius 2 is 1.30 bits per heavy atom. The van der Waals surface area contributed by atoms with Gasteiger partial charge in [0.15, 0.2) is 0 Å². The normalized spacial score (nSPS) is 11.5. The second-order valence-corrected chi connectivity index (χ2v) is 7.21. The zero-order valence-corrected chi connectivity index (χ0v) is 16.3. The number of rotatable bonds is 5. The summed E-state index contributed by atoms with van der Waals surface area (Å²) >= 11 is 0. The first-order chi connectivity index (χ1) is 14.7. The molecule has 2 N–H and O–H groups in total. The van der Waals surface area contributed by atoms with Gasteiger partial charge in [-0.05, 0) is 29.3 Å². The van der Waals surface area contributed by atoms with Crippen molar-refractivity contribution in [2.24, 2.45) is 0 Å². The highest BCUT2D eigenvalue weighted by Crippen LogP contribution is 2.40. The summed E-state index contributed by atoms with van der Waals surface area (Å²) in [5, 5.41) is 15.6. The Hall–Kier alpha value is -3.89. The maximum absolute atomic E-state index is 12.2. The van der Waals surface area contributed by atoms with E-state index in [0.29, 0.717) is 0 Å². The van der Waals surface area contributed by atoms with Gasteiger partial charge in [0.05, 0.1) is 6.20 Å². The Balaban J connectivity index is 1.66. The molecule has 3 aromatic carbocycles. The molecule has 2 heterocycles. The Kier molecular flexibility index (Phi) is 4.54. The van der Waals surface area contributed by atoms with Crippen LogP contribution in [0, 0.1) is 0 Å². The monoisotopic (exact) mass is 391 g/mol. The third-order valence-electron chi connectivity index (χ3n) is 5.33. The molecule has 5 rings (SSSR count). The van der Waals surface area contributed by atoms with Gasteiger partial charge in [0, 0.05) is 17.4 Å². The summed E-state index contributed by atoms with van der Waals surface area (Å²) in [5.41, 5.74) is 2.72. The van der Waals surface area contributed by atoms with Crippen molar-refractivity contribution in [3.8, 4) is 0 Å². The van der Waals surface area contributed by atoms with Gasteiger partial charge in [-0.15, -0.1) is 0 Å². The quantitative estimate of drug-likeness (QED) is 0.397. The lowest BCUT2D eigenvalue weighted by Gasteiger charge is -2.32. The maximum atomic E-state index is 12.2. The average molecular weight is 391 g/mol. The molecule has 0 aliphatic carbocycles. The minimum atomic E-state index is -1.31. The van der Waals surface area contributed by atoms with E-state index in [1.807, 2.05) is 120 Å². The van der Waals surface area contributed by atoms with E-state index in [2.05, 4.69) is 10.3 Å². The van der Waals surface area contributed by atoms with Crippen molar-refractivity contribution in [1.82, 2.24) is 9.38 Å². The second-order valence-electron chi connectivity index (χ2n) is 7.21. The molecule has 0 spiro atoms. The summed E-state index contributed by atoms with van der Waals surface area (Å²) in [7, 11) is 0. The topological polar surface area (TPSA) is 49.6 Å². The van der Waals surface area contributed by atoms with Crippen LogP contribution in [0.4, 0.5) is 11.5 Å². The van der Waals surface area contributed by atoms with Crippen LogP contribution < -0.4 is 5.32 Å². The van der Waals surface area contributed by atoms with Crippen molar-refractivity contribution >= 4 is 17.2 Å². The zero-order valence-electron chi connectivity index (χ0n) is 16.3. The molecule has 0 bridgehead atoms. The van der Waals surface area contributed by atoms with Crippen LogP contribution in [0.2, 0.25) is 0 Å². The fourth-order valence-electron chi connectivity index (χ4n) is 3.88. The third-order valence-corrected chi connectivity index (χ3v) is 5.33. The van der Waals surface area contributed by atoms with Crippen LogP contribution in [-0.4, -0.2) is 14.5 Å². The molecule has 0 unspecified atom stereocenters. The van der Waals surface area contributed by atoms with Gasteiger partial charge in [-0.1, -0.05) is 84.9 Å². The molecule has 0 radical (unpaired) electrons. The van der Waals surface area contributed by atoms with E-state index in [4.69, 9.17) is 0 Å². The van der Waals surface area contributed by atoms with Crippen molar-refractivity contribution in [1.29, 1.82) is 0 Å². The van der Waals surface area contributed by atoms with Gasteiger partial charge in [-0.2, -0.15) is 0 Å². The molecular weight excluding hydrogens is 370 g/mol. The number of hydrogen-bond donors (Lipinski definition) is 2. The minimum Gasteiger partial charge on any atom is -0.376 e. The van der Waals surface area contributed by atoms with Crippen LogP contribution in [-0.2, 0) is 5.60 Å². The molecule has 0 saturated carbocycles. The Morgan fingerprint density at radius 1 is 0.700 bits per heavy atom. The number of fused-ring (bicyclic) bond motifs is 1. The SMILES string of the molecule is OC(c1ccccc1)(c1ccccc1)c1ccccc1Nc1cn2ccccc2n1. The van der Waals surface area contributed by atoms with E-state index in [1.165, 1.54) is 0 Å². The summed E-state index contributed by atoms with van der Waals surface area (Å²) in [5.74, 6) is 0.720. The first kappa shape index (κ1) is 18.2. The summed E-state index contributed by atoms with van der Waals surface area (Å²) in [6.45, 7) is 0. The lowest BCUT2D eigenvalue weighted by molar-refractivity contribution is 0.126. The predicted octanol–water partition coefficient (Wildman–Crippen LogP) is 5.36. The van der Waals surface area contributed by atoms with E-state index >= 15 is 0 Å². The fourth-order valence-corrected chi connectivity index (χ4v) is 3.88. The first-order valence-electron chi connectivity index (χ1n) is 9.89. The highest BCUT2D eigenvalue weighted by molar-refractivity contribution is 5.67. The van der Waals surface area contributed by atoms with Gasteiger partial charge < -0.3 is 14.8 Å². The summed E-state index contributed by atoms with van der Waals surface area (Å²) in [6, 6.07) is 33.2. The number of nitrogens with one attached hydrogen (secondary N) is 1. The molecule has 0 atom stereocenters. The van der Waals surface area contributed by atoms with Gasteiger partial charge in [0.25, 0.3) is 0 Å². The minimum absolute atomic E-state index is 0.720. The first-order valence-corrected chi connectivity index (χ1v) is 9.89. The number of nitrogens with zero attached hydrogens (tertiary/aromatic N) is 2. The molecular formula is C26H21N3O. The van der Waals surface area contributed by atoms with E-state index in [9.17, 15) is 5.11 Å². The van der Waals surface area contributed by atoms with Crippen LogP contribution in [0.3, 0.4) is 0 Å². The maximum Gasteiger partial charge on any atom is 0.149 e. The number of benzene rings is 3. The Bertz CT molecular complexity index is 1210. The highest BCUT2D eigenvalue weighted by Gasteiger charge is 2.35. The van der Waals surface area contributed by atoms with E-state index < -0.39 is 5.60 Å². The number of aromatic nitrogens is 2. The second kappa shape index (κ2) is 7.50. The van der Waals surface area contributed by atoms with Crippen LogP contribution in [0.25, 0.3) is 5.65 Å². The number of para-hydroxylation sites is 1. The van der Waals surface area contributed by atoms with Crippen LogP contribution in [0.5, 0.6) is 0 Å². The van der Waals surface area contributed by atoms with E-state index in [-0.39, 0.29) is 0 Å². The zero-order chi connectivity index (χ0) is 20.4. The molecule has 4 heteroatoms. The van der Waals surface area contributed by atoms with E-state index in [1.54, 1.807) is 0 Å². The van der Waals surface area contributed by atoms with Gasteiger partial charge >= 0.3 is 0 Å². The molecule has 0 aliphatic heterocycles. The molecule has 2 aromatic heterocycles. The van der Waals surface area contributed by atoms with E-state index in [0.717, 1.165) is 33.8 Å². The smallest absolute Gasteiger partial charge is 0.149 e. The largest absolute Gasteiger partial charge is 0.376 e. The molecule has 0 saturated heterocycles. The molecule has 5 aromatic rings. The fraction of sp³-hybridized carbons (Fsp3) is 0.0385. The third kappa shape index (κ3) is 3.13. The summed E-state index contributed by atoms with van der Waals surface area (Å²) in [6.07, 6.45) is 3.90. The molecule has 0 fully saturated rings. The van der Waals surface area contributed by atoms with Crippen molar-refractivity contribution in [2.45, 2.75) is 5.60 Å². The number of imidazole rings is 1. The van der Waals surface area contributed by atoms with Crippen molar-refractivity contribution in [3.05, 3.63) is 132 Å². The molecule has 0 aliphatic rings. The summed E-state index contributed by atoms with van der Waals surface area (Å²) < 4.78 is 1.96. The molecule has 30 heavy (non-hydrogen) atoms. The van der Waals surface area contributed by atoms with Crippen molar-refractivity contribution in [3.63, 3.8) is 0 Å². The predicted molar refractivity (Wildman–Crippen MR) is 120 cm³/mol. The number of pyridine rings is 1. The molecule has 146 valence electrons. The Morgan fingerprint density at radius 3 is 1.97 bits per heavy atom. The molecule has 4 nitrogen and oxygen atoms in total. The standard InChI is InChI=1S/C26H21N3O/c30-26(20-11-3-1-4-12-20,21-13-5-2-6-14-21)22-15-7-8-16-23(22)27-24-19-29-18-10-9-17-25(29)28-24/h1-19,27,30H. The number of hydrogen-bond acceptors (Lipinski definition) is 3. The van der Waals surface area contributed by atoms with Crippen molar-refractivity contribution in [2.75, 3.05) is 5.32 Å². The van der Waals surface area contributed by atoms with Gasteiger partial charge in [0.1, 0.15) is 17.1 Å². The Labute approximate surface area is 175 Å². The van der Waals surface area contributed by atoms with Gasteiger partial charge in [-0.3, -0.25) is 0 Å². The van der Waals surface area contributed by atoms with Crippen molar-refractivity contribution < 1.29 is 5.11 Å². The van der Waals surface area contributed by atoms with Crippen LogP contribution in [0.15, 0.2) is 116 Å². The number of anilines is 2. The highest BCUT2D eigenvalue weighted by atomic mass is 16.3. The molecule has 0 amide bonds. The average Bonchev–Trinajstić information content (AvgIpc) is 3.22. The lowest BCUT2D eigenvalue weighted by Crippen LogP contribution is -2.29.